The number of nitrogens with two attached hydrogens (primary N) is 1. The highest BCUT2D eigenvalue weighted by Gasteiger charge is 2.11. The molecule has 3 rings (SSSR count). The highest BCUT2D eigenvalue weighted by molar-refractivity contribution is 7.09. The molecule has 0 aliphatic carbocycles. The molecule has 0 saturated heterocycles. The third-order valence-electron chi connectivity index (χ3n) is 2.97. The third kappa shape index (κ3) is 2.00. The molecule has 2 aromatic heterocycles. The van der Waals surface area contributed by atoms with Gasteiger partial charge in [0.05, 0.1) is 17.1 Å². The highest BCUT2D eigenvalue weighted by atomic mass is 32.1. The lowest BCUT2D eigenvalue weighted by atomic mass is 10.0. The van der Waals surface area contributed by atoms with Gasteiger partial charge in [-0.1, -0.05) is 12.1 Å². The van der Waals surface area contributed by atoms with Gasteiger partial charge in [0.15, 0.2) is 0 Å². The summed E-state index contributed by atoms with van der Waals surface area (Å²) in [4.78, 5) is 9.64. The molecule has 2 heterocycles. The van der Waals surface area contributed by atoms with Crippen LogP contribution >= 0.6 is 11.3 Å². The summed E-state index contributed by atoms with van der Waals surface area (Å²) in [6, 6.07) is 10.2. The summed E-state index contributed by atoms with van der Waals surface area (Å²) in [5.41, 5.74) is 11.2. The van der Waals surface area contributed by atoms with E-state index in [1.807, 2.05) is 31.3 Å². The molecule has 0 bridgehead atoms. The predicted octanol–water partition coefficient (Wildman–Crippen LogP) is 3.05. The fourth-order valence-corrected chi connectivity index (χ4v) is 2.63. The summed E-state index contributed by atoms with van der Waals surface area (Å²) in [5.74, 6) is 0. The molecular weight excluding hydrogens is 242 g/mol. The Kier molecular flexibility index (Phi) is 2.81. The standard InChI is InChI=1S/C14H13N3S/c1-9-2-3-10-6-11(4-5-12(10)17-9)14(15)13-7-16-8-18-13/h2-8,14H,15H2,1H3. The largest absolute Gasteiger partial charge is 0.320 e. The number of hydrogen-bond acceptors (Lipinski definition) is 4. The lowest BCUT2D eigenvalue weighted by Gasteiger charge is -2.10. The summed E-state index contributed by atoms with van der Waals surface area (Å²) < 4.78 is 0. The van der Waals surface area contributed by atoms with Gasteiger partial charge in [-0.2, -0.15) is 0 Å². The minimum absolute atomic E-state index is 0.108. The SMILES string of the molecule is Cc1ccc2cc(C(N)c3cncs3)ccc2n1. The maximum atomic E-state index is 6.23. The molecule has 0 radical (unpaired) electrons. The van der Waals surface area contributed by atoms with Crippen LogP contribution in [0.5, 0.6) is 0 Å². The van der Waals surface area contributed by atoms with Gasteiger partial charge >= 0.3 is 0 Å². The Balaban J connectivity index is 2.06. The minimum Gasteiger partial charge on any atom is -0.320 e. The molecule has 0 amide bonds. The van der Waals surface area contributed by atoms with E-state index in [0.29, 0.717) is 0 Å². The number of aryl methyl sites for hydroxylation is 1. The first-order valence-corrected chi connectivity index (χ1v) is 6.63. The van der Waals surface area contributed by atoms with Crippen LogP contribution in [0.2, 0.25) is 0 Å². The van der Waals surface area contributed by atoms with Gasteiger partial charge in [-0.05, 0) is 30.7 Å². The van der Waals surface area contributed by atoms with Crippen LogP contribution in [0.15, 0.2) is 42.0 Å². The number of hydrogen-bond donors (Lipinski definition) is 1. The molecule has 0 aliphatic heterocycles. The molecule has 0 spiro atoms. The van der Waals surface area contributed by atoms with Gasteiger partial charge in [-0.25, -0.2) is 0 Å². The highest BCUT2D eigenvalue weighted by Crippen LogP contribution is 2.25. The second-order valence-corrected chi connectivity index (χ2v) is 5.20. The van der Waals surface area contributed by atoms with Crippen molar-refractivity contribution in [3.8, 4) is 0 Å². The van der Waals surface area contributed by atoms with Crippen LogP contribution in [0, 0.1) is 6.92 Å². The third-order valence-corrected chi connectivity index (χ3v) is 3.83. The molecule has 1 atom stereocenters. The number of aromatic nitrogens is 2. The number of benzene rings is 1. The van der Waals surface area contributed by atoms with Gasteiger partial charge < -0.3 is 5.73 Å². The van der Waals surface area contributed by atoms with E-state index in [9.17, 15) is 0 Å². The molecular formula is C14H13N3S. The topological polar surface area (TPSA) is 51.8 Å². The Morgan fingerprint density at radius 2 is 2.11 bits per heavy atom. The fourth-order valence-electron chi connectivity index (χ4n) is 1.98. The number of fused-ring (bicyclic) bond motifs is 1. The van der Waals surface area contributed by atoms with Gasteiger partial charge in [-0.3, -0.25) is 9.97 Å². The van der Waals surface area contributed by atoms with E-state index < -0.39 is 0 Å². The van der Waals surface area contributed by atoms with Gasteiger partial charge in [0.1, 0.15) is 0 Å². The maximum Gasteiger partial charge on any atom is 0.0794 e. The minimum atomic E-state index is -0.108. The van der Waals surface area contributed by atoms with Gasteiger partial charge in [0.2, 0.25) is 0 Å². The first-order chi connectivity index (χ1) is 8.74. The first kappa shape index (κ1) is 11.3. The van der Waals surface area contributed by atoms with Gasteiger partial charge in [0.25, 0.3) is 0 Å². The lowest BCUT2D eigenvalue weighted by molar-refractivity contribution is 0.891. The van der Waals surface area contributed by atoms with Gasteiger partial charge in [-0.15, -0.1) is 11.3 Å². The maximum absolute atomic E-state index is 6.23. The second kappa shape index (κ2) is 4.48. The van der Waals surface area contributed by atoms with Crippen LogP contribution in [0.1, 0.15) is 22.2 Å². The summed E-state index contributed by atoms with van der Waals surface area (Å²) in [5, 5.41) is 1.12. The average molecular weight is 255 g/mol. The zero-order valence-electron chi connectivity index (χ0n) is 10.00. The average Bonchev–Trinajstić information content (AvgIpc) is 2.91. The van der Waals surface area contributed by atoms with Crippen LogP contribution in [0.25, 0.3) is 10.9 Å². The molecule has 3 aromatic rings. The molecule has 4 heteroatoms. The van der Waals surface area contributed by atoms with E-state index in [0.717, 1.165) is 27.0 Å². The number of pyridine rings is 1. The normalized spacial score (nSPS) is 12.8. The zero-order chi connectivity index (χ0) is 12.5. The summed E-state index contributed by atoms with van der Waals surface area (Å²) >= 11 is 1.58. The van der Waals surface area contributed by atoms with E-state index in [4.69, 9.17) is 5.73 Å². The summed E-state index contributed by atoms with van der Waals surface area (Å²) in [6.45, 7) is 2.00. The smallest absolute Gasteiger partial charge is 0.0794 e. The quantitative estimate of drug-likeness (QED) is 0.765. The van der Waals surface area contributed by atoms with Crippen LogP contribution in [0.4, 0.5) is 0 Å². The summed E-state index contributed by atoms with van der Waals surface area (Å²) in [6.07, 6.45) is 1.83. The van der Waals surface area contributed by atoms with E-state index in [1.165, 1.54) is 0 Å². The number of nitrogens with zero attached hydrogens (tertiary/aromatic N) is 2. The van der Waals surface area contributed by atoms with E-state index in [-0.39, 0.29) is 6.04 Å². The Morgan fingerprint density at radius 1 is 1.22 bits per heavy atom. The van der Waals surface area contributed by atoms with Crippen molar-refractivity contribution in [3.05, 3.63) is 58.2 Å². The van der Waals surface area contributed by atoms with Crippen molar-refractivity contribution < 1.29 is 0 Å². The summed E-state index contributed by atoms with van der Waals surface area (Å²) in [7, 11) is 0. The van der Waals surface area contributed by atoms with Crippen LogP contribution in [0.3, 0.4) is 0 Å². The van der Waals surface area contributed by atoms with Crippen LogP contribution < -0.4 is 5.73 Å². The Morgan fingerprint density at radius 3 is 2.89 bits per heavy atom. The molecule has 0 saturated carbocycles. The molecule has 90 valence electrons. The molecule has 2 N–H and O–H groups in total. The molecule has 0 fully saturated rings. The molecule has 3 nitrogen and oxygen atoms in total. The Labute approximate surface area is 109 Å². The fraction of sp³-hybridized carbons (Fsp3) is 0.143. The van der Waals surface area contributed by atoms with Crippen molar-refractivity contribution in [3.63, 3.8) is 0 Å². The number of rotatable bonds is 2. The van der Waals surface area contributed by atoms with Crippen LogP contribution in [-0.4, -0.2) is 9.97 Å². The van der Waals surface area contributed by atoms with E-state index in [1.54, 1.807) is 16.8 Å². The van der Waals surface area contributed by atoms with Crippen molar-refractivity contribution in [2.45, 2.75) is 13.0 Å². The second-order valence-electron chi connectivity index (χ2n) is 4.29. The first-order valence-electron chi connectivity index (χ1n) is 5.75. The molecule has 18 heavy (non-hydrogen) atoms. The van der Waals surface area contributed by atoms with E-state index >= 15 is 0 Å². The lowest BCUT2D eigenvalue weighted by Crippen LogP contribution is -2.10. The van der Waals surface area contributed by atoms with Crippen molar-refractivity contribution in [1.82, 2.24) is 9.97 Å². The van der Waals surface area contributed by atoms with Crippen molar-refractivity contribution in [2.75, 3.05) is 0 Å². The van der Waals surface area contributed by atoms with Crippen LogP contribution in [-0.2, 0) is 0 Å². The molecule has 0 aliphatic rings. The Bertz CT molecular complexity index is 677. The zero-order valence-corrected chi connectivity index (χ0v) is 10.8. The van der Waals surface area contributed by atoms with Crippen molar-refractivity contribution in [1.29, 1.82) is 0 Å². The van der Waals surface area contributed by atoms with Gasteiger partial charge in [0, 0.05) is 22.2 Å². The predicted molar refractivity (Wildman–Crippen MR) is 74.6 cm³/mol. The Hall–Kier alpha value is -1.78. The number of thiazole rings is 1. The van der Waals surface area contributed by atoms with E-state index in [2.05, 4.69) is 22.1 Å². The monoisotopic (exact) mass is 255 g/mol. The van der Waals surface area contributed by atoms with Crippen molar-refractivity contribution in [2.24, 2.45) is 5.73 Å². The molecule has 1 unspecified atom stereocenters. The molecule has 1 aromatic carbocycles. The van der Waals surface area contributed by atoms with Crippen molar-refractivity contribution >= 4 is 22.2 Å².